The third-order valence-electron chi connectivity index (χ3n) is 5.17. The Kier molecular flexibility index (Phi) is 8.27. The van der Waals surface area contributed by atoms with E-state index >= 15 is 0 Å². The Balaban J connectivity index is 1.83. The second-order valence-electron chi connectivity index (χ2n) is 7.18. The van der Waals surface area contributed by atoms with E-state index in [0.717, 1.165) is 11.8 Å². The summed E-state index contributed by atoms with van der Waals surface area (Å²) in [6.45, 7) is 0. The molecular formula is C24H25N3O6S. The quantitative estimate of drug-likeness (QED) is 0.557. The van der Waals surface area contributed by atoms with E-state index < -0.39 is 5.92 Å². The smallest absolute Gasteiger partial charge is 0.234 e. The molecule has 1 atom stereocenters. The van der Waals surface area contributed by atoms with Gasteiger partial charge in [0.05, 0.1) is 50.9 Å². The largest absolute Gasteiger partial charge is 0.497 e. The molecule has 0 unspecified atom stereocenters. The Labute approximate surface area is 202 Å². The lowest BCUT2D eigenvalue weighted by molar-refractivity contribution is -0.121. The molecule has 0 spiro atoms. The van der Waals surface area contributed by atoms with E-state index in [1.54, 1.807) is 43.5 Å². The second-order valence-corrected chi connectivity index (χ2v) is 8.17. The van der Waals surface area contributed by atoms with Crippen molar-refractivity contribution < 1.29 is 28.5 Å². The predicted octanol–water partition coefficient (Wildman–Crippen LogP) is 3.43. The first-order valence-electron chi connectivity index (χ1n) is 10.2. The van der Waals surface area contributed by atoms with Crippen molar-refractivity contribution >= 4 is 29.3 Å². The number of ether oxygens (including phenoxy) is 4. The monoisotopic (exact) mass is 483 g/mol. The van der Waals surface area contributed by atoms with E-state index in [4.69, 9.17) is 18.9 Å². The number of hydrogen-bond acceptors (Lipinski definition) is 8. The Morgan fingerprint density at radius 3 is 2.26 bits per heavy atom. The van der Waals surface area contributed by atoms with Gasteiger partial charge in [-0.15, -0.1) is 0 Å². The molecule has 2 aromatic carbocycles. The molecule has 0 aliphatic carbocycles. The number of anilines is 1. The molecule has 0 aromatic heterocycles. The van der Waals surface area contributed by atoms with Crippen LogP contribution in [0, 0.1) is 11.3 Å². The molecule has 1 aliphatic heterocycles. The number of allylic oxidation sites excluding steroid dienone is 1. The van der Waals surface area contributed by atoms with E-state index in [2.05, 4.69) is 16.7 Å². The van der Waals surface area contributed by atoms with Crippen LogP contribution < -0.4 is 29.6 Å². The van der Waals surface area contributed by atoms with Crippen LogP contribution in [0.15, 0.2) is 47.0 Å². The van der Waals surface area contributed by atoms with Gasteiger partial charge < -0.3 is 29.6 Å². The van der Waals surface area contributed by atoms with E-state index in [0.29, 0.717) is 44.9 Å². The van der Waals surface area contributed by atoms with Gasteiger partial charge in [0.25, 0.3) is 0 Å². The van der Waals surface area contributed by atoms with Crippen LogP contribution in [0.2, 0.25) is 0 Å². The fraction of sp³-hybridized carbons (Fsp3) is 0.292. The van der Waals surface area contributed by atoms with Gasteiger partial charge in [-0.2, -0.15) is 5.26 Å². The molecule has 3 rings (SSSR count). The highest BCUT2D eigenvalue weighted by Gasteiger charge is 2.31. The first-order chi connectivity index (χ1) is 16.4. The van der Waals surface area contributed by atoms with Crippen molar-refractivity contribution in [3.8, 4) is 29.1 Å². The fourth-order valence-electron chi connectivity index (χ4n) is 3.53. The van der Waals surface area contributed by atoms with Gasteiger partial charge >= 0.3 is 0 Å². The summed E-state index contributed by atoms with van der Waals surface area (Å²) in [5.41, 5.74) is 1.64. The summed E-state index contributed by atoms with van der Waals surface area (Å²) in [5.74, 6) is 0.899. The number of carbonyl (C=O) groups excluding carboxylic acids is 2. The molecule has 10 heteroatoms. The van der Waals surface area contributed by atoms with Crippen LogP contribution in [0.3, 0.4) is 0 Å². The molecule has 2 amide bonds. The van der Waals surface area contributed by atoms with Crippen molar-refractivity contribution in [3.63, 3.8) is 0 Å². The molecule has 0 saturated carbocycles. The zero-order valence-electron chi connectivity index (χ0n) is 19.3. The first kappa shape index (κ1) is 24.8. The molecule has 2 aromatic rings. The highest BCUT2D eigenvalue weighted by atomic mass is 32.2. The maximum Gasteiger partial charge on any atom is 0.234 e. The number of benzene rings is 2. The lowest BCUT2D eigenvalue weighted by Crippen LogP contribution is -2.31. The van der Waals surface area contributed by atoms with Crippen LogP contribution in [0.25, 0.3) is 0 Å². The van der Waals surface area contributed by atoms with E-state index in [1.165, 1.54) is 21.3 Å². The maximum atomic E-state index is 12.5. The minimum atomic E-state index is -0.528. The average molecular weight is 484 g/mol. The molecule has 0 fully saturated rings. The number of rotatable bonds is 9. The minimum absolute atomic E-state index is 0.00873. The summed E-state index contributed by atoms with van der Waals surface area (Å²) in [4.78, 5) is 24.9. The summed E-state index contributed by atoms with van der Waals surface area (Å²) in [6, 6.07) is 12.6. The van der Waals surface area contributed by atoms with E-state index in [9.17, 15) is 14.9 Å². The van der Waals surface area contributed by atoms with Gasteiger partial charge in [-0.3, -0.25) is 9.59 Å². The van der Waals surface area contributed by atoms with Gasteiger partial charge in [0, 0.05) is 18.0 Å². The molecule has 2 N–H and O–H groups in total. The number of carbonyl (C=O) groups is 2. The Morgan fingerprint density at radius 1 is 1.09 bits per heavy atom. The molecule has 178 valence electrons. The van der Waals surface area contributed by atoms with Crippen molar-refractivity contribution in [2.45, 2.75) is 12.3 Å². The number of hydrogen-bond donors (Lipinski definition) is 2. The predicted molar refractivity (Wildman–Crippen MR) is 128 cm³/mol. The molecule has 1 heterocycles. The molecule has 1 aliphatic rings. The molecule has 34 heavy (non-hydrogen) atoms. The molecular weight excluding hydrogens is 458 g/mol. The van der Waals surface area contributed by atoms with Crippen LogP contribution in [-0.2, 0) is 9.59 Å². The molecule has 0 saturated heterocycles. The Bertz CT molecular complexity index is 1120. The van der Waals surface area contributed by atoms with Crippen LogP contribution in [-0.4, -0.2) is 46.0 Å². The van der Waals surface area contributed by atoms with Crippen LogP contribution >= 0.6 is 11.8 Å². The average Bonchev–Trinajstić information content (AvgIpc) is 2.86. The Hall–Kier alpha value is -3.84. The zero-order chi connectivity index (χ0) is 24.7. The van der Waals surface area contributed by atoms with Gasteiger partial charge in [0.2, 0.25) is 17.6 Å². The standard InChI is InChI=1S/C24H25N3O6S/c1-30-16-7-5-15(6-8-16)26-22(29)13-34-24-18(12-25)17(11-21(28)27-24)14-9-19(31-2)23(33-4)20(10-14)32-3/h5-10,17H,11,13H2,1-4H3,(H,26,29)(H,27,28)/t17-/m0/s1. The third kappa shape index (κ3) is 5.55. The van der Waals surface area contributed by atoms with Crippen molar-refractivity contribution in [3.05, 3.63) is 52.6 Å². The van der Waals surface area contributed by atoms with Gasteiger partial charge in [0.15, 0.2) is 11.5 Å². The van der Waals surface area contributed by atoms with Gasteiger partial charge in [-0.25, -0.2) is 0 Å². The number of nitriles is 1. The second kappa shape index (κ2) is 11.3. The minimum Gasteiger partial charge on any atom is -0.497 e. The lowest BCUT2D eigenvalue weighted by Gasteiger charge is -2.26. The van der Waals surface area contributed by atoms with Crippen LogP contribution in [0.1, 0.15) is 17.9 Å². The topological polar surface area (TPSA) is 119 Å². The highest BCUT2D eigenvalue weighted by Crippen LogP contribution is 2.44. The van der Waals surface area contributed by atoms with Crippen LogP contribution in [0.5, 0.6) is 23.0 Å². The van der Waals surface area contributed by atoms with Crippen molar-refractivity contribution in [1.29, 1.82) is 5.26 Å². The van der Waals surface area contributed by atoms with E-state index in [1.807, 2.05) is 0 Å². The maximum absolute atomic E-state index is 12.5. The van der Waals surface area contributed by atoms with Gasteiger partial charge in [0.1, 0.15) is 5.75 Å². The van der Waals surface area contributed by atoms with Gasteiger partial charge in [-0.05, 0) is 42.0 Å². The number of thioether (sulfide) groups is 1. The lowest BCUT2D eigenvalue weighted by atomic mass is 9.86. The molecule has 0 radical (unpaired) electrons. The van der Waals surface area contributed by atoms with Crippen molar-refractivity contribution in [1.82, 2.24) is 5.32 Å². The fourth-order valence-corrected chi connectivity index (χ4v) is 4.41. The number of nitrogens with zero attached hydrogens (tertiary/aromatic N) is 1. The summed E-state index contributed by atoms with van der Waals surface area (Å²) in [5, 5.41) is 15.8. The number of nitrogens with one attached hydrogen (secondary N) is 2. The highest BCUT2D eigenvalue weighted by molar-refractivity contribution is 8.03. The van der Waals surface area contributed by atoms with Crippen molar-refractivity contribution in [2.24, 2.45) is 0 Å². The van der Waals surface area contributed by atoms with Crippen molar-refractivity contribution in [2.75, 3.05) is 39.5 Å². The summed E-state index contributed by atoms with van der Waals surface area (Å²) >= 11 is 1.10. The summed E-state index contributed by atoms with van der Waals surface area (Å²) in [7, 11) is 6.06. The summed E-state index contributed by atoms with van der Waals surface area (Å²) < 4.78 is 21.3. The molecule has 0 bridgehead atoms. The normalized spacial score (nSPS) is 15.1. The van der Waals surface area contributed by atoms with E-state index in [-0.39, 0.29) is 24.0 Å². The third-order valence-corrected chi connectivity index (χ3v) is 6.18. The van der Waals surface area contributed by atoms with Crippen LogP contribution in [0.4, 0.5) is 5.69 Å². The zero-order valence-corrected chi connectivity index (χ0v) is 20.1. The molecule has 9 nitrogen and oxygen atoms in total. The van der Waals surface area contributed by atoms with Gasteiger partial charge in [-0.1, -0.05) is 11.8 Å². The number of amides is 2. The summed E-state index contributed by atoms with van der Waals surface area (Å²) in [6.07, 6.45) is 0.0731. The SMILES string of the molecule is COc1ccc(NC(=O)CSC2=C(C#N)[C@H](c3cc(OC)c(OC)c(OC)c3)CC(=O)N2)cc1. The number of methoxy groups -OCH3 is 4. The first-order valence-corrected chi connectivity index (χ1v) is 11.2. The Morgan fingerprint density at radius 2 is 1.74 bits per heavy atom.